The monoisotopic (exact) mass is 726 g/mol. The smallest absolute Gasteiger partial charge is 0.143 e. The first-order valence-electron chi connectivity index (χ1n) is 19.5. The van der Waals surface area contributed by atoms with Crippen molar-refractivity contribution in [3.8, 4) is 44.8 Å². The van der Waals surface area contributed by atoms with Crippen molar-refractivity contribution in [1.29, 1.82) is 0 Å². The highest BCUT2D eigenvalue weighted by molar-refractivity contribution is 6.24. The van der Waals surface area contributed by atoms with Crippen molar-refractivity contribution >= 4 is 65.6 Å². The third-order valence-electron chi connectivity index (χ3n) is 11.8. The molecule has 0 N–H and O–H groups in total. The Bertz CT molecular complexity index is 3470. The number of benzene rings is 9. The van der Waals surface area contributed by atoms with Gasteiger partial charge >= 0.3 is 0 Å². The van der Waals surface area contributed by atoms with Gasteiger partial charge in [-0.1, -0.05) is 164 Å². The molecule has 0 aliphatic carbocycles. The van der Waals surface area contributed by atoms with Crippen molar-refractivity contribution in [1.82, 2.24) is 9.13 Å². The molecule has 3 heteroatoms. The fraction of sp³-hybridized carbons (Fsp3) is 0. The van der Waals surface area contributed by atoms with E-state index >= 15 is 0 Å². The van der Waals surface area contributed by atoms with Gasteiger partial charge in [0.15, 0.2) is 0 Å². The van der Waals surface area contributed by atoms with Crippen LogP contribution >= 0.6 is 0 Å². The first-order valence-corrected chi connectivity index (χ1v) is 19.5. The number of para-hydroxylation sites is 4. The quantitative estimate of drug-likeness (QED) is 0.173. The van der Waals surface area contributed by atoms with Crippen LogP contribution in [0.3, 0.4) is 0 Å². The summed E-state index contributed by atoms with van der Waals surface area (Å²) in [5, 5.41) is 7.21. The van der Waals surface area contributed by atoms with E-state index in [1.807, 2.05) is 12.1 Å². The summed E-state index contributed by atoms with van der Waals surface area (Å²) in [6.07, 6.45) is 0. The zero-order chi connectivity index (χ0) is 37.5. The average Bonchev–Trinajstić information content (AvgIpc) is 3.95. The Labute approximate surface area is 328 Å². The first kappa shape index (κ1) is 31.7. The molecule has 57 heavy (non-hydrogen) atoms. The molecule has 12 rings (SSSR count). The van der Waals surface area contributed by atoms with Crippen molar-refractivity contribution in [2.75, 3.05) is 0 Å². The van der Waals surface area contributed by atoms with Crippen molar-refractivity contribution in [3.05, 3.63) is 206 Å². The fourth-order valence-corrected chi connectivity index (χ4v) is 9.09. The predicted octanol–water partition coefficient (Wildman–Crippen LogP) is 14.8. The molecule has 0 atom stereocenters. The van der Waals surface area contributed by atoms with Gasteiger partial charge in [-0.15, -0.1) is 0 Å². The third-order valence-corrected chi connectivity index (χ3v) is 11.8. The van der Waals surface area contributed by atoms with E-state index in [2.05, 4.69) is 203 Å². The minimum atomic E-state index is 0.911. The highest BCUT2D eigenvalue weighted by atomic mass is 16.3. The highest BCUT2D eigenvalue weighted by Gasteiger charge is 2.21. The first-order chi connectivity index (χ1) is 28.3. The number of aromatic nitrogens is 2. The van der Waals surface area contributed by atoms with Crippen molar-refractivity contribution < 1.29 is 4.42 Å². The molecule has 0 amide bonds. The normalized spacial score (nSPS) is 11.9. The molecule has 0 fully saturated rings. The van der Waals surface area contributed by atoms with E-state index in [-0.39, 0.29) is 0 Å². The molecule has 0 aliphatic heterocycles. The summed E-state index contributed by atoms with van der Waals surface area (Å²) in [4.78, 5) is 0. The molecule has 3 aromatic heterocycles. The Morgan fingerprint density at radius 1 is 0.281 bits per heavy atom. The molecule has 0 unspecified atom stereocenters. The van der Waals surface area contributed by atoms with Gasteiger partial charge in [0, 0.05) is 49.3 Å². The zero-order valence-electron chi connectivity index (χ0n) is 30.9. The minimum absolute atomic E-state index is 0.911. The van der Waals surface area contributed by atoms with Crippen molar-refractivity contribution in [2.45, 2.75) is 0 Å². The van der Waals surface area contributed by atoms with Crippen LogP contribution in [0.5, 0.6) is 0 Å². The van der Waals surface area contributed by atoms with E-state index in [0.717, 1.165) is 44.4 Å². The third kappa shape index (κ3) is 4.86. The number of hydrogen-bond acceptors (Lipinski definition) is 1. The van der Waals surface area contributed by atoms with E-state index < -0.39 is 0 Å². The number of nitrogens with zero attached hydrogens (tertiary/aromatic N) is 2. The predicted molar refractivity (Wildman–Crippen MR) is 239 cm³/mol. The summed E-state index contributed by atoms with van der Waals surface area (Å²) >= 11 is 0. The summed E-state index contributed by atoms with van der Waals surface area (Å²) in [5.41, 5.74) is 15.9. The van der Waals surface area contributed by atoms with Crippen LogP contribution in [-0.2, 0) is 0 Å². The van der Waals surface area contributed by atoms with Gasteiger partial charge in [-0.25, -0.2) is 0 Å². The van der Waals surface area contributed by atoms with Crippen LogP contribution in [0.15, 0.2) is 211 Å². The molecule has 266 valence electrons. The lowest BCUT2D eigenvalue weighted by Gasteiger charge is -2.14. The van der Waals surface area contributed by atoms with Crippen LogP contribution in [0.2, 0.25) is 0 Å². The van der Waals surface area contributed by atoms with E-state index in [9.17, 15) is 0 Å². The molecule has 0 aliphatic rings. The van der Waals surface area contributed by atoms with Gasteiger partial charge in [-0.2, -0.15) is 0 Å². The van der Waals surface area contributed by atoms with Gasteiger partial charge in [-0.3, -0.25) is 0 Å². The molecular weight excluding hydrogens is 693 g/mol. The van der Waals surface area contributed by atoms with Crippen LogP contribution in [-0.4, -0.2) is 9.13 Å². The van der Waals surface area contributed by atoms with Crippen LogP contribution in [0.1, 0.15) is 0 Å². The summed E-state index contributed by atoms with van der Waals surface area (Å²) in [6, 6.07) is 74.4. The van der Waals surface area contributed by atoms with Gasteiger partial charge in [0.25, 0.3) is 0 Å². The van der Waals surface area contributed by atoms with Gasteiger partial charge < -0.3 is 13.6 Å². The van der Waals surface area contributed by atoms with Gasteiger partial charge in [-0.05, 0) is 70.3 Å². The van der Waals surface area contributed by atoms with Crippen LogP contribution in [0.25, 0.3) is 110 Å². The molecular formula is C54H34N2O. The summed E-state index contributed by atoms with van der Waals surface area (Å²) in [6.45, 7) is 0. The van der Waals surface area contributed by atoms with Crippen LogP contribution in [0.4, 0.5) is 0 Å². The topological polar surface area (TPSA) is 23.0 Å². The maximum atomic E-state index is 6.43. The Kier molecular flexibility index (Phi) is 6.93. The maximum absolute atomic E-state index is 6.43. The number of fused-ring (bicyclic) bond motifs is 10. The molecule has 9 aromatic carbocycles. The second-order valence-electron chi connectivity index (χ2n) is 14.9. The molecule has 12 aromatic rings. The Morgan fingerprint density at radius 2 is 0.719 bits per heavy atom. The number of hydrogen-bond donors (Lipinski definition) is 0. The standard InChI is InChI=1S/C54H34N2O/c1-2-11-35(12-3-1)36-21-23-37(24-22-36)38-25-29-40(30-26-38)55-49-18-7-4-13-43(49)46-33-34-47-44-14-5-8-19-50(44)56(53(47)52(46)55)41-31-27-39(28-32-41)42-16-10-17-48-45-15-6-9-20-51(45)57-54(42)48/h1-34H. The summed E-state index contributed by atoms with van der Waals surface area (Å²) < 4.78 is 11.3. The van der Waals surface area contributed by atoms with Gasteiger partial charge in [0.1, 0.15) is 11.2 Å². The summed E-state index contributed by atoms with van der Waals surface area (Å²) in [7, 11) is 0. The molecule has 3 heterocycles. The molecule has 0 bridgehead atoms. The molecule has 3 nitrogen and oxygen atoms in total. The van der Waals surface area contributed by atoms with E-state index in [4.69, 9.17) is 4.42 Å². The van der Waals surface area contributed by atoms with Crippen LogP contribution in [0, 0.1) is 0 Å². The Hall–Kier alpha value is -7.62. The van der Waals surface area contributed by atoms with Crippen molar-refractivity contribution in [2.24, 2.45) is 0 Å². The lowest BCUT2D eigenvalue weighted by Crippen LogP contribution is -1.99. The molecule has 0 saturated carbocycles. The highest BCUT2D eigenvalue weighted by Crippen LogP contribution is 2.43. The van der Waals surface area contributed by atoms with Gasteiger partial charge in [0.2, 0.25) is 0 Å². The largest absolute Gasteiger partial charge is 0.455 e. The van der Waals surface area contributed by atoms with E-state index in [1.54, 1.807) is 0 Å². The SMILES string of the molecule is c1ccc(-c2ccc(-c3ccc(-n4c5ccccc5c5ccc6c7ccccc7n(-c7ccc(-c8cccc9c8oc8ccccc89)cc7)c6c54)cc3)cc2)cc1. The van der Waals surface area contributed by atoms with Crippen molar-refractivity contribution in [3.63, 3.8) is 0 Å². The Morgan fingerprint density at radius 3 is 1.30 bits per heavy atom. The molecule has 0 spiro atoms. The molecule has 0 saturated heterocycles. The number of rotatable bonds is 5. The second kappa shape index (κ2) is 12.5. The molecule has 0 radical (unpaired) electrons. The zero-order valence-corrected chi connectivity index (χ0v) is 30.9. The second-order valence-corrected chi connectivity index (χ2v) is 14.9. The van der Waals surface area contributed by atoms with Crippen LogP contribution < -0.4 is 0 Å². The fourth-order valence-electron chi connectivity index (χ4n) is 9.09. The van der Waals surface area contributed by atoms with E-state index in [1.165, 1.54) is 65.9 Å². The summed E-state index contributed by atoms with van der Waals surface area (Å²) in [5.74, 6) is 0. The lowest BCUT2D eigenvalue weighted by molar-refractivity contribution is 0.670. The number of furan rings is 1. The Balaban J connectivity index is 1.03. The van der Waals surface area contributed by atoms with Gasteiger partial charge in [0.05, 0.1) is 22.1 Å². The average molecular weight is 727 g/mol. The minimum Gasteiger partial charge on any atom is -0.455 e. The van der Waals surface area contributed by atoms with E-state index in [0.29, 0.717) is 0 Å². The lowest BCUT2D eigenvalue weighted by atomic mass is 10.0. The maximum Gasteiger partial charge on any atom is 0.143 e.